The zero-order valence-electron chi connectivity index (χ0n) is 12.3. The Bertz CT molecular complexity index is 231. The van der Waals surface area contributed by atoms with Gasteiger partial charge >= 0.3 is 0 Å². The molecule has 0 aliphatic heterocycles. The van der Waals surface area contributed by atoms with Gasteiger partial charge in [0.1, 0.15) is 0 Å². The molecule has 2 aliphatic rings. The smallest absolute Gasteiger partial charge is 0.0594 e. The first kappa shape index (κ1) is 14.3. The fourth-order valence-electron chi connectivity index (χ4n) is 3.62. The molecule has 0 aromatic heterocycles. The molecule has 1 N–H and O–H groups in total. The maximum atomic E-state index is 6.02. The van der Waals surface area contributed by atoms with Gasteiger partial charge in [0.25, 0.3) is 0 Å². The van der Waals surface area contributed by atoms with E-state index >= 15 is 0 Å². The highest BCUT2D eigenvalue weighted by Gasteiger charge is 2.21. The Kier molecular flexibility index (Phi) is 5.97. The SMILES string of the molecule is CC1CCCC(OCCNC2CCCCC2C)C1. The molecule has 0 heterocycles. The third-order valence-corrected chi connectivity index (χ3v) is 4.86. The molecule has 0 amide bonds. The summed E-state index contributed by atoms with van der Waals surface area (Å²) in [7, 11) is 0. The zero-order valence-corrected chi connectivity index (χ0v) is 12.3. The average molecular weight is 253 g/mol. The van der Waals surface area contributed by atoms with Crippen LogP contribution >= 0.6 is 0 Å². The third-order valence-electron chi connectivity index (χ3n) is 4.86. The lowest BCUT2D eigenvalue weighted by Crippen LogP contribution is -2.39. The van der Waals surface area contributed by atoms with Crippen molar-refractivity contribution in [1.82, 2.24) is 5.32 Å². The predicted molar refractivity (Wildman–Crippen MR) is 76.8 cm³/mol. The first-order valence-corrected chi connectivity index (χ1v) is 8.10. The molecule has 4 unspecified atom stereocenters. The summed E-state index contributed by atoms with van der Waals surface area (Å²) < 4.78 is 6.02. The van der Waals surface area contributed by atoms with Crippen LogP contribution in [0.2, 0.25) is 0 Å². The molecule has 4 atom stereocenters. The quantitative estimate of drug-likeness (QED) is 0.753. The van der Waals surface area contributed by atoms with Crippen molar-refractivity contribution < 1.29 is 4.74 Å². The van der Waals surface area contributed by atoms with Crippen LogP contribution in [0.5, 0.6) is 0 Å². The van der Waals surface area contributed by atoms with Crippen molar-refractivity contribution in [3.8, 4) is 0 Å². The Hall–Kier alpha value is -0.0800. The Morgan fingerprint density at radius 2 is 1.83 bits per heavy atom. The van der Waals surface area contributed by atoms with Crippen LogP contribution in [-0.4, -0.2) is 25.3 Å². The largest absolute Gasteiger partial charge is 0.377 e. The minimum Gasteiger partial charge on any atom is -0.377 e. The van der Waals surface area contributed by atoms with E-state index in [1.54, 1.807) is 0 Å². The minimum absolute atomic E-state index is 0.541. The van der Waals surface area contributed by atoms with Crippen molar-refractivity contribution in [2.24, 2.45) is 11.8 Å². The number of rotatable bonds is 5. The Balaban J connectivity index is 1.55. The monoisotopic (exact) mass is 253 g/mol. The molecule has 2 aliphatic carbocycles. The normalized spacial score (nSPS) is 37.7. The van der Waals surface area contributed by atoms with Gasteiger partial charge in [0, 0.05) is 12.6 Å². The second kappa shape index (κ2) is 7.49. The van der Waals surface area contributed by atoms with Crippen molar-refractivity contribution in [2.75, 3.05) is 13.2 Å². The topological polar surface area (TPSA) is 21.3 Å². The molecule has 0 aromatic carbocycles. The van der Waals surface area contributed by atoms with E-state index in [-0.39, 0.29) is 0 Å². The second-order valence-corrected chi connectivity index (χ2v) is 6.59. The van der Waals surface area contributed by atoms with Crippen LogP contribution in [0.25, 0.3) is 0 Å². The zero-order chi connectivity index (χ0) is 12.8. The molecule has 2 nitrogen and oxygen atoms in total. The molecular formula is C16H31NO. The van der Waals surface area contributed by atoms with Crippen molar-refractivity contribution >= 4 is 0 Å². The lowest BCUT2D eigenvalue weighted by Gasteiger charge is -2.30. The Morgan fingerprint density at radius 3 is 2.61 bits per heavy atom. The van der Waals surface area contributed by atoms with E-state index in [0.29, 0.717) is 6.10 Å². The van der Waals surface area contributed by atoms with E-state index < -0.39 is 0 Å². The minimum atomic E-state index is 0.541. The lowest BCUT2D eigenvalue weighted by molar-refractivity contribution is 0.0156. The van der Waals surface area contributed by atoms with Crippen molar-refractivity contribution in [2.45, 2.75) is 77.4 Å². The maximum Gasteiger partial charge on any atom is 0.0594 e. The molecule has 18 heavy (non-hydrogen) atoms. The fraction of sp³-hybridized carbons (Fsp3) is 1.00. The summed E-state index contributed by atoms with van der Waals surface area (Å²) in [5.41, 5.74) is 0. The highest BCUT2D eigenvalue weighted by atomic mass is 16.5. The fourth-order valence-corrected chi connectivity index (χ4v) is 3.62. The number of hydrogen-bond donors (Lipinski definition) is 1. The van der Waals surface area contributed by atoms with Gasteiger partial charge in [-0.05, 0) is 37.5 Å². The number of hydrogen-bond acceptors (Lipinski definition) is 2. The van der Waals surface area contributed by atoms with Crippen LogP contribution in [0.3, 0.4) is 0 Å². The number of ether oxygens (including phenoxy) is 1. The Morgan fingerprint density at radius 1 is 1.00 bits per heavy atom. The lowest BCUT2D eigenvalue weighted by atomic mass is 9.86. The Labute approximate surface area is 113 Å². The molecule has 0 aromatic rings. The molecule has 0 bridgehead atoms. The standard InChI is InChI=1S/C16H31NO/c1-13-6-5-8-15(12-13)18-11-10-17-16-9-4-3-7-14(16)2/h13-17H,3-12H2,1-2H3. The summed E-state index contributed by atoms with van der Waals surface area (Å²) in [6, 6.07) is 0.743. The summed E-state index contributed by atoms with van der Waals surface area (Å²) >= 11 is 0. The highest BCUT2D eigenvalue weighted by Crippen LogP contribution is 2.26. The van der Waals surface area contributed by atoms with Gasteiger partial charge in [-0.2, -0.15) is 0 Å². The van der Waals surface area contributed by atoms with Crippen LogP contribution in [0.1, 0.15) is 65.2 Å². The molecule has 2 fully saturated rings. The van der Waals surface area contributed by atoms with Gasteiger partial charge in [-0.25, -0.2) is 0 Å². The summed E-state index contributed by atoms with van der Waals surface area (Å²) in [5, 5.41) is 3.70. The molecule has 2 rings (SSSR count). The van der Waals surface area contributed by atoms with Crippen LogP contribution in [-0.2, 0) is 4.74 Å². The van der Waals surface area contributed by atoms with Crippen LogP contribution in [0.15, 0.2) is 0 Å². The van der Waals surface area contributed by atoms with E-state index in [4.69, 9.17) is 4.74 Å². The summed E-state index contributed by atoms with van der Waals surface area (Å²) in [6.45, 7) is 6.69. The van der Waals surface area contributed by atoms with Crippen molar-refractivity contribution in [1.29, 1.82) is 0 Å². The number of nitrogens with one attached hydrogen (secondary N) is 1. The van der Waals surface area contributed by atoms with Gasteiger partial charge in [-0.1, -0.05) is 39.5 Å². The van der Waals surface area contributed by atoms with E-state index in [1.807, 2.05) is 0 Å². The average Bonchev–Trinajstić information content (AvgIpc) is 2.37. The summed E-state index contributed by atoms with van der Waals surface area (Å²) in [6.07, 6.45) is 11.5. The van der Waals surface area contributed by atoms with Gasteiger partial charge in [0.15, 0.2) is 0 Å². The first-order chi connectivity index (χ1) is 8.75. The highest BCUT2D eigenvalue weighted by molar-refractivity contribution is 4.78. The van der Waals surface area contributed by atoms with Crippen LogP contribution in [0, 0.1) is 11.8 Å². The molecule has 0 spiro atoms. The third kappa shape index (κ3) is 4.55. The van der Waals surface area contributed by atoms with Crippen LogP contribution in [0.4, 0.5) is 0 Å². The predicted octanol–water partition coefficient (Wildman–Crippen LogP) is 3.75. The van der Waals surface area contributed by atoms with Gasteiger partial charge < -0.3 is 10.1 Å². The summed E-state index contributed by atoms with van der Waals surface area (Å²) in [4.78, 5) is 0. The molecule has 0 radical (unpaired) electrons. The van der Waals surface area contributed by atoms with Gasteiger partial charge in [-0.15, -0.1) is 0 Å². The molecule has 2 saturated carbocycles. The molecular weight excluding hydrogens is 222 g/mol. The van der Waals surface area contributed by atoms with E-state index in [2.05, 4.69) is 19.2 Å². The van der Waals surface area contributed by atoms with Crippen molar-refractivity contribution in [3.05, 3.63) is 0 Å². The second-order valence-electron chi connectivity index (χ2n) is 6.59. The molecule has 2 heteroatoms. The van der Waals surface area contributed by atoms with Gasteiger partial charge in [0.05, 0.1) is 12.7 Å². The van der Waals surface area contributed by atoms with E-state index in [0.717, 1.165) is 31.0 Å². The van der Waals surface area contributed by atoms with E-state index in [1.165, 1.54) is 51.4 Å². The van der Waals surface area contributed by atoms with Crippen LogP contribution < -0.4 is 5.32 Å². The summed E-state index contributed by atoms with van der Waals surface area (Å²) in [5.74, 6) is 1.73. The molecule has 0 saturated heterocycles. The van der Waals surface area contributed by atoms with Crippen molar-refractivity contribution in [3.63, 3.8) is 0 Å². The maximum absolute atomic E-state index is 6.02. The van der Waals surface area contributed by atoms with Gasteiger partial charge in [-0.3, -0.25) is 0 Å². The van der Waals surface area contributed by atoms with Gasteiger partial charge in [0.2, 0.25) is 0 Å². The first-order valence-electron chi connectivity index (χ1n) is 8.10. The molecule has 106 valence electrons. The van der Waals surface area contributed by atoms with E-state index in [9.17, 15) is 0 Å².